The Kier molecular flexibility index (Phi) is 3.93. The van der Waals surface area contributed by atoms with Crippen molar-refractivity contribution >= 4 is 27.4 Å². The number of nitrogens with zero attached hydrogens (tertiary/aromatic N) is 2. The first-order valence-corrected chi connectivity index (χ1v) is 7.44. The van der Waals surface area contributed by atoms with Gasteiger partial charge in [0.1, 0.15) is 11.9 Å². The Bertz CT molecular complexity index is 798. The van der Waals surface area contributed by atoms with E-state index in [-0.39, 0.29) is 21.3 Å². The number of nitrogens with one attached hydrogen (secondary N) is 1. The van der Waals surface area contributed by atoms with Gasteiger partial charge in [0.15, 0.2) is 0 Å². The number of anilines is 1. The van der Waals surface area contributed by atoms with Crippen LogP contribution in [0.25, 0.3) is 0 Å². The number of aryl methyl sites for hydroxylation is 1. The van der Waals surface area contributed by atoms with Crippen LogP contribution in [0.2, 0.25) is 5.02 Å². The number of hydrogen-bond acceptors (Lipinski definition) is 4. The van der Waals surface area contributed by atoms with Gasteiger partial charge >= 0.3 is 0 Å². The second-order valence-electron chi connectivity index (χ2n) is 4.02. The lowest BCUT2D eigenvalue weighted by molar-refractivity contribution is 0.601. The minimum absolute atomic E-state index is 0.0233. The van der Waals surface area contributed by atoms with Gasteiger partial charge in [0, 0.05) is 5.69 Å². The van der Waals surface area contributed by atoms with E-state index >= 15 is 0 Å². The molecule has 1 N–H and O–H groups in total. The smallest absolute Gasteiger partial charge is 0.263 e. The van der Waals surface area contributed by atoms with Gasteiger partial charge in [0.25, 0.3) is 10.0 Å². The molecule has 0 atom stereocenters. The van der Waals surface area contributed by atoms with Crippen LogP contribution in [-0.4, -0.2) is 13.4 Å². The lowest BCUT2D eigenvalue weighted by atomic mass is 10.2. The highest BCUT2D eigenvalue weighted by Gasteiger charge is 2.16. The predicted molar refractivity (Wildman–Crippen MR) is 75.9 cm³/mol. The summed E-state index contributed by atoms with van der Waals surface area (Å²) in [7, 11) is -3.78. The van der Waals surface area contributed by atoms with E-state index in [1.54, 1.807) is 25.1 Å². The van der Waals surface area contributed by atoms with E-state index in [0.29, 0.717) is 5.69 Å². The molecule has 1 aromatic carbocycles. The average Bonchev–Trinajstić information content (AvgIpc) is 2.38. The lowest BCUT2D eigenvalue weighted by Crippen LogP contribution is -2.14. The molecular formula is C13H10ClN3O2S. The molecule has 1 aromatic heterocycles. The largest absolute Gasteiger partial charge is 0.263 e. The number of rotatable bonds is 3. The third-order valence-corrected chi connectivity index (χ3v) is 4.16. The molecule has 2 aromatic rings. The summed E-state index contributed by atoms with van der Waals surface area (Å²) in [5.74, 6) is 0.227. The van der Waals surface area contributed by atoms with E-state index in [9.17, 15) is 8.42 Å². The molecule has 0 unspecified atom stereocenters. The highest BCUT2D eigenvalue weighted by molar-refractivity contribution is 7.92. The first-order chi connectivity index (χ1) is 9.42. The van der Waals surface area contributed by atoms with Crippen LogP contribution in [0, 0.1) is 18.3 Å². The van der Waals surface area contributed by atoms with Crippen molar-refractivity contribution in [2.45, 2.75) is 11.8 Å². The van der Waals surface area contributed by atoms with E-state index in [4.69, 9.17) is 16.9 Å². The topological polar surface area (TPSA) is 82.9 Å². The van der Waals surface area contributed by atoms with Crippen molar-refractivity contribution in [1.29, 1.82) is 5.26 Å². The zero-order valence-corrected chi connectivity index (χ0v) is 12.0. The molecule has 7 heteroatoms. The summed E-state index contributed by atoms with van der Waals surface area (Å²) in [6.07, 6.45) is 0. The van der Waals surface area contributed by atoms with Crippen LogP contribution in [0.1, 0.15) is 11.3 Å². The van der Waals surface area contributed by atoms with Crippen LogP contribution < -0.4 is 4.72 Å². The van der Waals surface area contributed by atoms with Gasteiger partial charge in [-0.1, -0.05) is 17.7 Å². The molecule has 0 amide bonds. The van der Waals surface area contributed by atoms with Gasteiger partial charge in [-0.15, -0.1) is 0 Å². The average molecular weight is 308 g/mol. The predicted octanol–water partition coefficient (Wildman–Crippen LogP) is 2.72. The van der Waals surface area contributed by atoms with Crippen LogP contribution in [0.5, 0.6) is 0 Å². The number of pyridine rings is 1. The Hall–Kier alpha value is -2.10. The summed E-state index contributed by atoms with van der Waals surface area (Å²) in [4.78, 5) is 4.04. The molecule has 0 saturated carbocycles. The van der Waals surface area contributed by atoms with Gasteiger partial charge in [-0.05, 0) is 37.3 Å². The van der Waals surface area contributed by atoms with Crippen molar-refractivity contribution in [1.82, 2.24) is 4.98 Å². The monoisotopic (exact) mass is 307 g/mol. The maximum absolute atomic E-state index is 12.2. The minimum atomic E-state index is -3.78. The van der Waals surface area contributed by atoms with Gasteiger partial charge < -0.3 is 0 Å². The molecule has 0 fully saturated rings. The maximum atomic E-state index is 12.2. The fourth-order valence-corrected chi connectivity index (χ4v) is 2.86. The summed E-state index contributed by atoms with van der Waals surface area (Å²) in [6, 6.07) is 10.8. The summed E-state index contributed by atoms with van der Waals surface area (Å²) in [5, 5.41) is 8.86. The summed E-state index contributed by atoms with van der Waals surface area (Å²) >= 11 is 5.83. The van der Waals surface area contributed by atoms with Gasteiger partial charge in [0.2, 0.25) is 0 Å². The summed E-state index contributed by atoms with van der Waals surface area (Å²) < 4.78 is 26.7. The van der Waals surface area contributed by atoms with Gasteiger partial charge in [0.05, 0.1) is 15.5 Å². The minimum Gasteiger partial charge on any atom is -0.263 e. The molecule has 5 nitrogen and oxygen atoms in total. The van der Waals surface area contributed by atoms with Crippen molar-refractivity contribution in [2.75, 3.05) is 4.72 Å². The third-order valence-electron chi connectivity index (χ3n) is 2.50. The summed E-state index contributed by atoms with van der Waals surface area (Å²) in [5.41, 5.74) is 0.919. The number of benzene rings is 1. The van der Waals surface area contributed by atoms with Crippen LogP contribution in [0.15, 0.2) is 41.3 Å². The molecule has 2 rings (SSSR count). The Morgan fingerprint density at radius 1 is 1.30 bits per heavy atom. The van der Waals surface area contributed by atoms with E-state index in [2.05, 4.69) is 9.71 Å². The number of sulfonamides is 1. The normalized spacial score (nSPS) is 10.8. The molecule has 0 aliphatic carbocycles. The van der Waals surface area contributed by atoms with Crippen molar-refractivity contribution in [2.24, 2.45) is 0 Å². The van der Waals surface area contributed by atoms with Crippen molar-refractivity contribution < 1.29 is 8.42 Å². The molecule has 1 heterocycles. The van der Waals surface area contributed by atoms with Crippen LogP contribution in [0.4, 0.5) is 5.82 Å². The van der Waals surface area contributed by atoms with Gasteiger partial charge in [-0.2, -0.15) is 5.26 Å². The molecule has 102 valence electrons. The van der Waals surface area contributed by atoms with Crippen LogP contribution >= 0.6 is 11.6 Å². The number of aromatic nitrogens is 1. The standard InChI is InChI=1S/C13H10ClN3O2S/c1-9-3-2-4-13(16-9)17-20(18,19)11-6-5-10(8-15)12(14)7-11/h2-7H,1H3,(H,16,17). The van der Waals surface area contributed by atoms with Gasteiger partial charge in [-0.25, -0.2) is 13.4 Å². The molecule has 0 saturated heterocycles. The SMILES string of the molecule is Cc1cccc(NS(=O)(=O)c2ccc(C#N)c(Cl)c2)n1. The molecule has 0 aliphatic rings. The van der Waals surface area contributed by atoms with Crippen LogP contribution in [-0.2, 0) is 10.0 Å². The van der Waals surface area contributed by atoms with Crippen molar-refractivity contribution in [3.8, 4) is 6.07 Å². The first-order valence-electron chi connectivity index (χ1n) is 5.58. The Morgan fingerprint density at radius 3 is 2.65 bits per heavy atom. The molecule has 0 bridgehead atoms. The zero-order chi connectivity index (χ0) is 14.8. The second kappa shape index (κ2) is 5.49. The second-order valence-corrected chi connectivity index (χ2v) is 6.11. The van der Waals surface area contributed by atoms with Gasteiger partial charge in [-0.3, -0.25) is 4.72 Å². The molecule has 20 heavy (non-hydrogen) atoms. The van der Waals surface area contributed by atoms with E-state index in [1.807, 2.05) is 6.07 Å². The Labute approximate surface area is 121 Å². The molecule has 0 spiro atoms. The zero-order valence-electron chi connectivity index (χ0n) is 10.5. The number of halogens is 1. The van der Waals surface area contributed by atoms with Crippen molar-refractivity contribution in [3.05, 3.63) is 52.7 Å². The maximum Gasteiger partial charge on any atom is 0.263 e. The van der Waals surface area contributed by atoms with Crippen LogP contribution in [0.3, 0.4) is 0 Å². The van der Waals surface area contributed by atoms with E-state index in [1.165, 1.54) is 18.2 Å². The Balaban J connectivity index is 2.36. The number of hydrogen-bond donors (Lipinski definition) is 1. The Morgan fingerprint density at radius 2 is 2.05 bits per heavy atom. The highest BCUT2D eigenvalue weighted by Crippen LogP contribution is 2.21. The first kappa shape index (κ1) is 14.3. The highest BCUT2D eigenvalue weighted by atomic mass is 35.5. The van der Waals surface area contributed by atoms with E-state index in [0.717, 1.165) is 0 Å². The molecule has 0 aliphatic heterocycles. The van der Waals surface area contributed by atoms with Crippen molar-refractivity contribution in [3.63, 3.8) is 0 Å². The molecule has 0 radical (unpaired) electrons. The quantitative estimate of drug-likeness (QED) is 0.945. The fourth-order valence-electron chi connectivity index (χ4n) is 1.55. The summed E-state index contributed by atoms with van der Waals surface area (Å²) in [6.45, 7) is 1.76. The number of nitriles is 1. The lowest BCUT2D eigenvalue weighted by Gasteiger charge is -2.08. The fraction of sp³-hybridized carbons (Fsp3) is 0.0769. The molecular weight excluding hydrogens is 298 g/mol. The van der Waals surface area contributed by atoms with E-state index < -0.39 is 10.0 Å². The third kappa shape index (κ3) is 3.07.